The van der Waals surface area contributed by atoms with E-state index in [0.717, 1.165) is 18.6 Å². The zero-order valence-electron chi connectivity index (χ0n) is 11.4. The van der Waals surface area contributed by atoms with Gasteiger partial charge in [0.2, 0.25) is 0 Å². The Hall–Kier alpha value is -0.0800. The van der Waals surface area contributed by atoms with Crippen molar-refractivity contribution < 1.29 is 4.74 Å². The van der Waals surface area contributed by atoms with Crippen LogP contribution < -0.4 is 5.32 Å². The van der Waals surface area contributed by atoms with Crippen LogP contribution >= 0.6 is 0 Å². The minimum atomic E-state index is 0.564. The highest BCUT2D eigenvalue weighted by Crippen LogP contribution is 2.34. The van der Waals surface area contributed by atoms with E-state index in [2.05, 4.69) is 12.2 Å². The first-order valence-corrected chi connectivity index (χ1v) is 7.73. The maximum absolute atomic E-state index is 5.83. The van der Waals surface area contributed by atoms with E-state index in [1.165, 1.54) is 64.3 Å². The molecule has 0 radical (unpaired) electrons. The Morgan fingerprint density at radius 2 is 2.12 bits per heavy atom. The molecule has 2 aliphatic rings. The smallest absolute Gasteiger partial charge is 0.0575 e. The van der Waals surface area contributed by atoms with Crippen molar-refractivity contribution in [3.63, 3.8) is 0 Å². The van der Waals surface area contributed by atoms with Crippen molar-refractivity contribution in [1.29, 1.82) is 0 Å². The molecule has 1 heterocycles. The first-order valence-electron chi connectivity index (χ1n) is 7.73. The van der Waals surface area contributed by atoms with Crippen LogP contribution in [0.4, 0.5) is 0 Å². The Morgan fingerprint density at radius 1 is 1.24 bits per heavy atom. The van der Waals surface area contributed by atoms with E-state index in [9.17, 15) is 0 Å². The third kappa shape index (κ3) is 5.39. The van der Waals surface area contributed by atoms with Gasteiger partial charge < -0.3 is 10.1 Å². The van der Waals surface area contributed by atoms with Crippen LogP contribution in [0.3, 0.4) is 0 Å². The van der Waals surface area contributed by atoms with Crippen molar-refractivity contribution >= 4 is 0 Å². The van der Waals surface area contributed by atoms with Crippen molar-refractivity contribution in [2.24, 2.45) is 5.92 Å². The summed E-state index contributed by atoms with van der Waals surface area (Å²) in [7, 11) is 0. The second-order valence-electron chi connectivity index (χ2n) is 5.90. The molecule has 1 saturated carbocycles. The van der Waals surface area contributed by atoms with Crippen LogP contribution in [0.2, 0.25) is 0 Å². The maximum Gasteiger partial charge on any atom is 0.0575 e. The van der Waals surface area contributed by atoms with Crippen LogP contribution in [0.5, 0.6) is 0 Å². The number of hydrogen-bond donors (Lipinski definition) is 1. The van der Waals surface area contributed by atoms with E-state index < -0.39 is 0 Å². The molecule has 1 aliphatic heterocycles. The van der Waals surface area contributed by atoms with Gasteiger partial charge in [0.15, 0.2) is 0 Å². The molecule has 0 spiro atoms. The van der Waals surface area contributed by atoms with Gasteiger partial charge in [-0.3, -0.25) is 0 Å². The van der Waals surface area contributed by atoms with Crippen molar-refractivity contribution in [2.45, 2.75) is 76.9 Å². The summed E-state index contributed by atoms with van der Waals surface area (Å²) in [6.07, 6.45) is 12.7. The van der Waals surface area contributed by atoms with Gasteiger partial charge in [-0.2, -0.15) is 0 Å². The normalized spacial score (nSPS) is 27.0. The van der Waals surface area contributed by atoms with Gasteiger partial charge in [0.05, 0.1) is 6.10 Å². The summed E-state index contributed by atoms with van der Waals surface area (Å²) in [6, 6.07) is 0.757. The lowest BCUT2D eigenvalue weighted by molar-refractivity contribution is 0.00835. The van der Waals surface area contributed by atoms with E-state index in [4.69, 9.17) is 4.74 Å². The van der Waals surface area contributed by atoms with E-state index in [1.807, 2.05) is 0 Å². The van der Waals surface area contributed by atoms with Crippen molar-refractivity contribution in [2.75, 3.05) is 13.2 Å². The molecule has 100 valence electrons. The fourth-order valence-corrected chi connectivity index (χ4v) is 2.83. The Kier molecular flexibility index (Phi) is 5.79. The fourth-order valence-electron chi connectivity index (χ4n) is 2.83. The lowest BCUT2D eigenvalue weighted by atomic mass is 9.98. The third-order valence-electron chi connectivity index (χ3n) is 4.11. The second kappa shape index (κ2) is 7.38. The molecule has 0 aromatic carbocycles. The minimum Gasteiger partial charge on any atom is -0.378 e. The van der Waals surface area contributed by atoms with Crippen molar-refractivity contribution in [3.05, 3.63) is 0 Å². The monoisotopic (exact) mass is 239 g/mol. The molecular formula is C15H29NO. The predicted molar refractivity (Wildman–Crippen MR) is 72.2 cm³/mol. The quantitative estimate of drug-likeness (QED) is 0.700. The average Bonchev–Trinajstić information content (AvgIpc) is 3.18. The lowest BCUT2D eigenvalue weighted by Gasteiger charge is -2.25. The fraction of sp³-hybridized carbons (Fsp3) is 1.00. The molecule has 0 bridgehead atoms. The summed E-state index contributed by atoms with van der Waals surface area (Å²) in [6.45, 7) is 4.44. The molecule has 1 saturated heterocycles. The Bertz CT molecular complexity index is 197. The molecule has 17 heavy (non-hydrogen) atoms. The molecule has 1 N–H and O–H groups in total. The van der Waals surface area contributed by atoms with Gasteiger partial charge in [-0.05, 0) is 57.4 Å². The van der Waals surface area contributed by atoms with Crippen LogP contribution in [0.1, 0.15) is 64.7 Å². The first-order chi connectivity index (χ1) is 8.38. The molecular weight excluding hydrogens is 210 g/mol. The van der Waals surface area contributed by atoms with E-state index >= 15 is 0 Å². The van der Waals surface area contributed by atoms with Crippen molar-refractivity contribution in [3.8, 4) is 0 Å². The highest BCUT2D eigenvalue weighted by molar-refractivity contribution is 4.81. The largest absolute Gasteiger partial charge is 0.378 e. The van der Waals surface area contributed by atoms with Crippen LogP contribution in [0.25, 0.3) is 0 Å². The summed E-state index contributed by atoms with van der Waals surface area (Å²) in [4.78, 5) is 0. The maximum atomic E-state index is 5.83. The molecule has 0 aromatic heterocycles. The highest BCUT2D eigenvalue weighted by atomic mass is 16.5. The summed E-state index contributed by atoms with van der Waals surface area (Å²) in [5.74, 6) is 1.04. The SMILES string of the molecule is CCCNC(CCC1CCCCO1)CC1CC1. The molecule has 2 fully saturated rings. The standard InChI is InChI=1S/C15H29NO/c1-2-10-16-14(12-13-6-7-13)8-9-15-5-3-4-11-17-15/h13-16H,2-12H2,1H3. The summed E-state index contributed by atoms with van der Waals surface area (Å²) in [5.41, 5.74) is 0. The predicted octanol–water partition coefficient (Wildman–Crippen LogP) is 3.50. The zero-order valence-corrected chi connectivity index (χ0v) is 11.4. The van der Waals surface area contributed by atoms with Crippen LogP contribution in [0.15, 0.2) is 0 Å². The molecule has 1 aliphatic carbocycles. The van der Waals surface area contributed by atoms with Crippen molar-refractivity contribution in [1.82, 2.24) is 5.32 Å². The molecule has 2 unspecified atom stereocenters. The van der Waals surface area contributed by atoms with Gasteiger partial charge in [0.25, 0.3) is 0 Å². The van der Waals surface area contributed by atoms with Crippen LogP contribution in [-0.2, 0) is 4.74 Å². The van der Waals surface area contributed by atoms with Gasteiger partial charge >= 0.3 is 0 Å². The van der Waals surface area contributed by atoms with Gasteiger partial charge in [-0.15, -0.1) is 0 Å². The minimum absolute atomic E-state index is 0.564. The number of rotatable bonds is 8. The second-order valence-corrected chi connectivity index (χ2v) is 5.90. The van der Waals surface area contributed by atoms with Gasteiger partial charge in [-0.1, -0.05) is 19.8 Å². The molecule has 2 heteroatoms. The lowest BCUT2D eigenvalue weighted by Crippen LogP contribution is -2.32. The summed E-state index contributed by atoms with van der Waals surface area (Å²) >= 11 is 0. The molecule has 0 amide bonds. The zero-order chi connectivity index (χ0) is 11.9. The van der Waals surface area contributed by atoms with Crippen LogP contribution in [0, 0.1) is 5.92 Å². The number of nitrogens with one attached hydrogen (secondary N) is 1. The molecule has 2 atom stereocenters. The first kappa shape index (κ1) is 13.4. The molecule has 2 nitrogen and oxygen atoms in total. The average molecular weight is 239 g/mol. The van der Waals surface area contributed by atoms with Gasteiger partial charge in [0, 0.05) is 12.6 Å². The number of ether oxygens (including phenoxy) is 1. The summed E-state index contributed by atoms with van der Waals surface area (Å²) < 4.78 is 5.83. The third-order valence-corrected chi connectivity index (χ3v) is 4.11. The number of hydrogen-bond acceptors (Lipinski definition) is 2. The molecule has 0 aromatic rings. The Balaban J connectivity index is 1.63. The topological polar surface area (TPSA) is 21.3 Å². The Morgan fingerprint density at radius 3 is 2.76 bits per heavy atom. The highest BCUT2D eigenvalue weighted by Gasteiger charge is 2.25. The van der Waals surface area contributed by atoms with E-state index in [0.29, 0.717) is 6.10 Å². The molecule has 2 rings (SSSR count). The van der Waals surface area contributed by atoms with Gasteiger partial charge in [0.1, 0.15) is 0 Å². The Labute approximate surface area is 107 Å². The van der Waals surface area contributed by atoms with Gasteiger partial charge in [-0.25, -0.2) is 0 Å². The van der Waals surface area contributed by atoms with E-state index in [-0.39, 0.29) is 0 Å². The summed E-state index contributed by atoms with van der Waals surface area (Å²) in [5, 5.41) is 3.72. The van der Waals surface area contributed by atoms with E-state index in [1.54, 1.807) is 0 Å². The van der Waals surface area contributed by atoms with Crippen LogP contribution in [-0.4, -0.2) is 25.3 Å².